The maximum absolute atomic E-state index is 6.27. The van der Waals surface area contributed by atoms with Gasteiger partial charge in [0.25, 0.3) is 0 Å². The largest absolute Gasteiger partial charge is 0.379 e. The molecule has 0 radical (unpaired) electrons. The molecule has 0 aromatic heterocycles. The molecule has 0 bridgehead atoms. The first-order valence-corrected chi connectivity index (χ1v) is 7.61. The Morgan fingerprint density at radius 2 is 1.65 bits per heavy atom. The average Bonchev–Trinajstić information content (AvgIpc) is 2.82. The molecular weight excluding hydrogens is 297 g/mol. The number of nitrogens with zero attached hydrogens (tertiary/aromatic N) is 2. The van der Waals surface area contributed by atoms with Crippen LogP contribution in [-0.2, 0) is 4.74 Å². The third kappa shape index (κ3) is 4.46. The molecule has 2 N–H and O–H groups in total. The molecule has 2 aliphatic heterocycles. The molecule has 3 fully saturated rings. The first-order valence-electron chi connectivity index (χ1n) is 7.61. The Morgan fingerprint density at radius 3 is 2.35 bits per heavy atom. The average molecular weight is 326 g/mol. The summed E-state index contributed by atoms with van der Waals surface area (Å²) in [6.07, 6.45) is 4.00. The summed E-state index contributed by atoms with van der Waals surface area (Å²) in [6, 6.07) is 0.470. The second-order valence-corrected chi connectivity index (χ2v) is 6.23. The maximum atomic E-state index is 6.27. The zero-order valence-electron chi connectivity index (χ0n) is 12.2. The lowest BCUT2D eigenvalue weighted by atomic mass is 9.78. The normalized spacial score (nSPS) is 35.0. The minimum absolute atomic E-state index is 0. The van der Waals surface area contributed by atoms with E-state index in [-0.39, 0.29) is 24.8 Å². The highest BCUT2D eigenvalue weighted by molar-refractivity contribution is 5.85. The number of halogens is 2. The molecule has 0 amide bonds. The van der Waals surface area contributed by atoms with E-state index < -0.39 is 0 Å². The highest BCUT2D eigenvalue weighted by atomic mass is 35.5. The van der Waals surface area contributed by atoms with Gasteiger partial charge in [0.15, 0.2) is 0 Å². The summed E-state index contributed by atoms with van der Waals surface area (Å²) in [5.41, 5.74) is 6.27. The van der Waals surface area contributed by atoms with Crippen LogP contribution in [0.5, 0.6) is 0 Å². The van der Waals surface area contributed by atoms with Crippen LogP contribution in [0, 0.1) is 11.8 Å². The lowest BCUT2D eigenvalue weighted by Crippen LogP contribution is -2.41. The lowest BCUT2D eigenvalue weighted by Gasteiger charge is -2.30. The summed E-state index contributed by atoms with van der Waals surface area (Å²) in [4.78, 5) is 5.18. The van der Waals surface area contributed by atoms with E-state index >= 15 is 0 Å². The number of likely N-dealkylation sites (tertiary alicyclic amines) is 1. The van der Waals surface area contributed by atoms with Crippen molar-refractivity contribution in [3.05, 3.63) is 0 Å². The van der Waals surface area contributed by atoms with E-state index in [9.17, 15) is 0 Å². The van der Waals surface area contributed by atoms with Gasteiger partial charge in [-0.05, 0) is 24.7 Å². The molecule has 1 aliphatic carbocycles. The first kappa shape index (κ1) is 18.5. The summed E-state index contributed by atoms with van der Waals surface area (Å²) in [5.74, 6) is 1.67. The molecule has 20 heavy (non-hydrogen) atoms. The van der Waals surface area contributed by atoms with E-state index in [1.807, 2.05) is 0 Å². The van der Waals surface area contributed by atoms with Gasteiger partial charge in [-0.25, -0.2) is 0 Å². The zero-order chi connectivity index (χ0) is 12.4. The topological polar surface area (TPSA) is 41.7 Å². The number of nitrogens with two attached hydrogens (primary N) is 1. The lowest BCUT2D eigenvalue weighted by molar-refractivity contribution is 0.0341. The molecule has 6 heteroatoms. The third-order valence-corrected chi connectivity index (χ3v) is 5.07. The minimum Gasteiger partial charge on any atom is -0.379 e. The van der Waals surface area contributed by atoms with Gasteiger partial charge in [0.05, 0.1) is 13.2 Å². The van der Waals surface area contributed by atoms with Crippen molar-refractivity contribution in [2.45, 2.75) is 25.3 Å². The molecular formula is C14H29Cl2N3O. The van der Waals surface area contributed by atoms with E-state index in [1.54, 1.807) is 0 Å². The fraction of sp³-hybridized carbons (Fsp3) is 1.00. The molecule has 2 saturated heterocycles. The molecule has 3 atom stereocenters. The van der Waals surface area contributed by atoms with E-state index in [1.165, 1.54) is 45.4 Å². The fourth-order valence-corrected chi connectivity index (χ4v) is 3.90. The number of hydrogen-bond acceptors (Lipinski definition) is 4. The smallest absolute Gasteiger partial charge is 0.0594 e. The van der Waals surface area contributed by atoms with Crippen LogP contribution in [0.4, 0.5) is 0 Å². The van der Waals surface area contributed by atoms with Crippen LogP contribution in [-0.4, -0.2) is 68.3 Å². The van der Waals surface area contributed by atoms with Crippen molar-refractivity contribution in [2.24, 2.45) is 17.6 Å². The SMILES string of the molecule is Cl.Cl.NC1CCCC2CN(CCN3CCOCC3)CC12. The second kappa shape index (κ2) is 8.76. The Labute approximate surface area is 135 Å². The predicted octanol–water partition coefficient (Wildman–Crippen LogP) is 1.22. The quantitative estimate of drug-likeness (QED) is 0.847. The zero-order valence-corrected chi connectivity index (χ0v) is 13.8. The van der Waals surface area contributed by atoms with Gasteiger partial charge in [-0.1, -0.05) is 6.42 Å². The Morgan fingerprint density at radius 1 is 0.950 bits per heavy atom. The molecule has 2 heterocycles. The third-order valence-electron chi connectivity index (χ3n) is 5.07. The molecule has 3 rings (SSSR count). The Balaban J connectivity index is 0.000001000. The van der Waals surface area contributed by atoms with Gasteiger partial charge in [-0.15, -0.1) is 24.8 Å². The van der Waals surface area contributed by atoms with E-state index in [2.05, 4.69) is 9.80 Å². The second-order valence-electron chi connectivity index (χ2n) is 6.23. The predicted molar refractivity (Wildman–Crippen MR) is 87.0 cm³/mol. The van der Waals surface area contributed by atoms with Crippen molar-refractivity contribution in [2.75, 3.05) is 52.5 Å². The van der Waals surface area contributed by atoms with Crippen LogP contribution in [0.2, 0.25) is 0 Å². The van der Waals surface area contributed by atoms with Gasteiger partial charge in [0, 0.05) is 45.3 Å². The van der Waals surface area contributed by atoms with Crippen molar-refractivity contribution in [1.29, 1.82) is 0 Å². The molecule has 0 aromatic carbocycles. The summed E-state index contributed by atoms with van der Waals surface area (Å²) >= 11 is 0. The number of morpholine rings is 1. The van der Waals surface area contributed by atoms with Crippen molar-refractivity contribution in [3.8, 4) is 0 Å². The Kier molecular flexibility index (Phi) is 8.09. The molecule has 120 valence electrons. The van der Waals surface area contributed by atoms with Crippen LogP contribution < -0.4 is 5.73 Å². The summed E-state index contributed by atoms with van der Waals surface area (Å²) in [5, 5.41) is 0. The van der Waals surface area contributed by atoms with Crippen LogP contribution in [0.15, 0.2) is 0 Å². The molecule has 3 aliphatic rings. The monoisotopic (exact) mass is 325 g/mol. The van der Waals surface area contributed by atoms with Gasteiger partial charge in [-0.3, -0.25) is 4.90 Å². The maximum Gasteiger partial charge on any atom is 0.0594 e. The summed E-state index contributed by atoms with van der Waals surface area (Å²) < 4.78 is 5.39. The van der Waals surface area contributed by atoms with Gasteiger partial charge in [0.1, 0.15) is 0 Å². The standard InChI is InChI=1S/C14H27N3O.2ClH/c15-14-3-1-2-12-10-17(11-13(12)14)5-4-16-6-8-18-9-7-16;;/h12-14H,1-11,15H2;2*1H. The molecule has 0 spiro atoms. The van der Waals surface area contributed by atoms with Crippen molar-refractivity contribution in [1.82, 2.24) is 9.80 Å². The number of ether oxygens (including phenoxy) is 1. The van der Waals surface area contributed by atoms with E-state index in [0.29, 0.717) is 6.04 Å². The molecule has 0 aromatic rings. The fourth-order valence-electron chi connectivity index (χ4n) is 3.90. The number of rotatable bonds is 3. The van der Waals surface area contributed by atoms with E-state index in [4.69, 9.17) is 10.5 Å². The first-order chi connectivity index (χ1) is 8.83. The summed E-state index contributed by atoms with van der Waals surface area (Å²) in [7, 11) is 0. The highest BCUT2D eigenvalue weighted by Crippen LogP contribution is 2.35. The van der Waals surface area contributed by atoms with Gasteiger partial charge in [-0.2, -0.15) is 0 Å². The number of fused-ring (bicyclic) bond motifs is 1. The van der Waals surface area contributed by atoms with Crippen LogP contribution in [0.3, 0.4) is 0 Å². The van der Waals surface area contributed by atoms with Crippen LogP contribution in [0.25, 0.3) is 0 Å². The number of hydrogen-bond donors (Lipinski definition) is 1. The molecule has 4 nitrogen and oxygen atoms in total. The van der Waals surface area contributed by atoms with E-state index in [0.717, 1.165) is 38.1 Å². The van der Waals surface area contributed by atoms with Crippen molar-refractivity contribution < 1.29 is 4.74 Å². The van der Waals surface area contributed by atoms with Crippen LogP contribution >= 0.6 is 24.8 Å². The highest BCUT2D eigenvalue weighted by Gasteiger charge is 2.38. The summed E-state index contributed by atoms with van der Waals surface area (Å²) in [6.45, 7) is 9.02. The van der Waals surface area contributed by atoms with Gasteiger partial charge in [0.2, 0.25) is 0 Å². The van der Waals surface area contributed by atoms with Crippen molar-refractivity contribution in [3.63, 3.8) is 0 Å². The van der Waals surface area contributed by atoms with Gasteiger partial charge < -0.3 is 15.4 Å². The Bertz CT molecular complexity index is 277. The molecule has 3 unspecified atom stereocenters. The van der Waals surface area contributed by atoms with Gasteiger partial charge >= 0.3 is 0 Å². The van der Waals surface area contributed by atoms with Crippen LogP contribution in [0.1, 0.15) is 19.3 Å². The van der Waals surface area contributed by atoms with Crippen molar-refractivity contribution >= 4 is 24.8 Å². The molecule has 1 saturated carbocycles. The Hall–Kier alpha value is 0.420. The minimum atomic E-state index is 0.